The molecule has 0 aliphatic rings. The van der Waals surface area contributed by atoms with Gasteiger partial charge >= 0.3 is 6.18 Å². The number of methoxy groups -OCH3 is 1. The van der Waals surface area contributed by atoms with E-state index in [1.165, 1.54) is 13.2 Å². The zero-order chi connectivity index (χ0) is 12.2. The maximum absolute atomic E-state index is 12.0. The number of ether oxygens (including phenoxy) is 1. The van der Waals surface area contributed by atoms with E-state index in [1.807, 2.05) is 0 Å². The molecule has 4 nitrogen and oxygen atoms in total. The molecular weight excluding hydrogens is 223 g/mol. The average Bonchev–Trinajstić information content (AvgIpc) is 2.25. The van der Waals surface area contributed by atoms with Crippen LogP contribution in [0.4, 0.5) is 19.0 Å². The van der Waals surface area contributed by atoms with Crippen molar-refractivity contribution in [1.82, 2.24) is 10.2 Å². The van der Waals surface area contributed by atoms with Crippen molar-refractivity contribution in [3.8, 4) is 5.75 Å². The average molecular weight is 235 g/mol. The fraction of sp³-hybridized carbons (Fsp3) is 0.556. The number of anilines is 1. The summed E-state index contributed by atoms with van der Waals surface area (Å²) in [6.45, 7) is 0. The molecule has 0 atom stereocenters. The van der Waals surface area contributed by atoms with Crippen LogP contribution in [-0.2, 0) is 6.42 Å². The van der Waals surface area contributed by atoms with Gasteiger partial charge in [-0.05, 0) is 0 Å². The number of aryl methyl sites for hydroxylation is 1. The summed E-state index contributed by atoms with van der Waals surface area (Å²) in [7, 11) is 3.02. The van der Waals surface area contributed by atoms with Gasteiger partial charge in [-0.25, -0.2) is 0 Å². The Kier molecular flexibility index (Phi) is 3.92. The fourth-order valence-electron chi connectivity index (χ4n) is 1.13. The molecule has 16 heavy (non-hydrogen) atoms. The van der Waals surface area contributed by atoms with Crippen LogP contribution in [0.3, 0.4) is 0 Å². The predicted molar refractivity (Wildman–Crippen MR) is 52.5 cm³/mol. The van der Waals surface area contributed by atoms with E-state index in [2.05, 4.69) is 15.5 Å². The second-order valence-electron chi connectivity index (χ2n) is 3.11. The highest BCUT2D eigenvalue weighted by molar-refractivity contribution is 5.41. The van der Waals surface area contributed by atoms with Crippen LogP contribution in [-0.4, -0.2) is 30.5 Å². The lowest BCUT2D eigenvalue weighted by Crippen LogP contribution is -2.10. The summed E-state index contributed by atoms with van der Waals surface area (Å²) in [4.78, 5) is 0. The lowest BCUT2D eigenvalue weighted by molar-refractivity contribution is -0.134. The van der Waals surface area contributed by atoms with E-state index in [0.29, 0.717) is 11.6 Å². The molecule has 0 aliphatic heterocycles. The molecule has 0 fully saturated rings. The van der Waals surface area contributed by atoms with Gasteiger partial charge in [0.05, 0.1) is 7.11 Å². The molecule has 1 rings (SSSR count). The van der Waals surface area contributed by atoms with Gasteiger partial charge in [-0.1, -0.05) is 0 Å². The molecule has 0 spiro atoms. The molecule has 0 amide bonds. The Morgan fingerprint density at radius 1 is 1.38 bits per heavy atom. The van der Waals surface area contributed by atoms with Crippen molar-refractivity contribution in [3.63, 3.8) is 0 Å². The minimum atomic E-state index is -4.20. The molecule has 90 valence electrons. The molecule has 0 bridgehead atoms. The zero-order valence-electron chi connectivity index (χ0n) is 8.93. The predicted octanol–water partition coefficient (Wildman–Crippen LogP) is 2.02. The quantitative estimate of drug-likeness (QED) is 0.867. The van der Waals surface area contributed by atoms with E-state index in [-0.39, 0.29) is 12.1 Å². The van der Waals surface area contributed by atoms with Gasteiger partial charge in [0.2, 0.25) is 0 Å². The van der Waals surface area contributed by atoms with E-state index < -0.39 is 12.6 Å². The monoisotopic (exact) mass is 235 g/mol. The highest BCUT2D eigenvalue weighted by Crippen LogP contribution is 2.25. The van der Waals surface area contributed by atoms with Gasteiger partial charge in [0.25, 0.3) is 0 Å². The van der Waals surface area contributed by atoms with Gasteiger partial charge in [-0.2, -0.15) is 13.2 Å². The van der Waals surface area contributed by atoms with Crippen molar-refractivity contribution in [1.29, 1.82) is 0 Å². The smallest absolute Gasteiger partial charge is 0.389 e. The summed E-state index contributed by atoms with van der Waals surface area (Å²) in [5.41, 5.74) is 0.207. The van der Waals surface area contributed by atoms with E-state index in [9.17, 15) is 13.2 Å². The molecule has 7 heteroatoms. The second kappa shape index (κ2) is 5.00. The van der Waals surface area contributed by atoms with Gasteiger partial charge < -0.3 is 10.1 Å². The summed E-state index contributed by atoms with van der Waals surface area (Å²) in [6, 6.07) is 1.51. The number of rotatable bonds is 4. The first-order valence-corrected chi connectivity index (χ1v) is 4.61. The van der Waals surface area contributed by atoms with E-state index in [0.717, 1.165) is 0 Å². The first-order valence-electron chi connectivity index (χ1n) is 4.61. The van der Waals surface area contributed by atoms with Crippen LogP contribution in [0.5, 0.6) is 5.75 Å². The summed E-state index contributed by atoms with van der Waals surface area (Å²) in [6.07, 6.45) is -5.37. The van der Waals surface area contributed by atoms with Crippen molar-refractivity contribution < 1.29 is 17.9 Å². The Hall–Kier alpha value is -1.53. The first kappa shape index (κ1) is 12.5. The van der Waals surface area contributed by atoms with Crippen LogP contribution in [0, 0.1) is 0 Å². The van der Waals surface area contributed by atoms with Crippen molar-refractivity contribution in [3.05, 3.63) is 11.8 Å². The SMILES string of the molecule is CNc1cc(OC)c(CCC(F)(F)F)nn1. The molecule has 0 saturated carbocycles. The molecule has 1 aromatic heterocycles. The van der Waals surface area contributed by atoms with Crippen molar-refractivity contribution >= 4 is 5.82 Å². The summed E-state index contributed by atoms with van der Waals surface area (Å²) < 4.78 is 41.0. The summed E-state index contributed by atoms with van der Waals surface area (Å²) in [5.74, 6) is 0.760. The molecule has 1 N–H and O–H groups in total. The van der Waals surface area contributed by atoms with Gasteiger partial charge in [0.1, 0.15) is 11.4 Å². The number of halogens is 3. The summed E-state index contributed by atoms with van der Waals surface area (Å²) in [5, 5.41) is 10.1. The largest absolute Gasteiger partial charge is 0.495 e. The summed E-state index contributed by atoms with van der Waals surface area (Å²) >= 11 is 0. The minimum absolute atomic E-state index is 0.207. The number of aromatic nitrogens is 2. The molecule has 0 aromatic carbocycles. The van der Waals surface area contributed by atoms with E-state index in [4.69, 9.17) is 4.74 Å². The molecule has 0 unspecified atom stereocenters. The lowest BCUT2D eigenvalue weighted by atomic mass is 10.2. The van der Waals surface area contributed by atoms with Gasteiger partial charge in [0.15, 0.2) is 5.82 Å². The third kappa shape index (κ3) is 3.56. The third-order valence-electron chi connectivity index (χ3n) is 1.95. The van der Waals surface area contributed by atoms with Crippen LogP contribution in [0.1, 0.15) is 12.1 Å². The maximum atomic E-state index is 12.0. The molecule has 1 aromatic rings. The van der Waals surface area contributed by atoms with E-state index >= 15 is 0 Å². The fourth-order valence-corrected chi connectivity index (χ4v) is 1.13. The Morgan fingerprint density at radius 3 is 2.56 bits per heavy atom. The highest BCUT2D eigenvalue weighted by Gasteiger charge is 2.27. The Balaban J connectivity index is 2.79. The van der Waals surface area contributed by atoms with Crippen molar-refractivity contribution in [2.45, 2.75) is 19.0 Å². The lowest BCUT2D eigenvalue weighted by Gasteiger charge is -2.09. The Morgan fingerprint density at radius 2 is 2.06 bits per heavy atom. The van der Waals surface area contributed by atoms with Crippen LogP contribution in [0.2, 0.25) is 0 Å². The molecule has 0 radical (unpaired) electrons. The van der Waals surface area contributed by atoms with E-state index in [1.54, 1.807) is 7.05 Å². The standard InChI is InChI=1S/C9H12F3N3O/c1-13-8-5-7(16-2)6(14-15-8)3-4-9(10,11)12/h5H,3-4H2,1-2H3,(H,13,15). The second-order valence-corrected chi connectivity index (χ2v) is 3.11. The number of alkyl halides is 3. The van der Waals surface area contributed by atoms with Crippen LogP contribution >= 0.6 is 0 Å². The Labute approximate surface area is 90.8 Å². The maximum Gasteiger partial charge on any atom is 0.389 e. The van der Waals surface area contributed by atoms with Crippen molar-refractivity contribution in [2.75, 3.05) is 19.5 Å². The molecule has 1 heterocycles. The van der Waals surface area contributed by atoms with Crippen molar-refractivity contribution in [2.24, 2.45) is 0 Å². The molecular formula is C9H12F3N3O. The molecule has 0 aliphatic carbocycles. The van der Waals surface area contributed by atoms with Gasteiger partial charge in [-0.3, -0.25) is 0 Å². The molecule has 0 saturated heterocycles. The van der Waals surface area contributed by atoms with Gasteiger partial charge in [0, 0.05) is 26.0 Å². The zero-order valence-corrected chi connectivity index (χ0v) is 8.93. The number of nitrogens with one attached hydrogen (secondary N) is 1. The number of hydrogen-bond acceptors (Lipinski definition) is 4. The first-order chi connectivity index (χ1) is 7.46. The Bertz CT molecular complexity index is 354. The van der Waals surface area contributed by atoms with Gasteiger partial charge in [-0.15, -0.1) is 10.2 Å². The van der Waals surface area contributed by atoms with Crippen LogP contribution < -0.4 is 10.1 Å². The topological polar surface area (TPSA) is 47.0 Å². The highest BCUT2D eigenvalue weighted by atomic mass is 19.4. The normalized spacial score (nSPS) is 11.3. The van der Waals surface area contributed by atoms with Crippen LogP contribution in [0.25, 0.3) is 0 Å². The van der Waals surface area contributed by atoms with Crippen LogP contribution in [0.15, 0.2) is 6.07 Å². The number of hydrogen-bond donors (Lipinski definition) is 1. The third-order valence-corrected chi connectivity index (χ3v) is 1.95. The number of nitrogens with zero attached hydrogens (tertiary/aromatic N) is 2. The minimum Gasteiger partial charge on any atom is -0.495 e.